The van der Waals surface area contributed by atoms with Gasteiger partial charge in [0.25, 0.3) is 5.78 Å². The molecule has 0 atom stereocenters. The molecule has 0 radical (unpaired) electrons. The van der Waals surface area contributed by atoms with Crippen molar-refractivity contribution in [2.24, 2.45) is 0 Å². The van der Waals surface area contributed by atoms with Crippen molar-refractivity contribution < 1.29 is 18.0 Å². The number of nitrogens with one attached hydrogen (secondary N) is 1. The highest BCUT2D eigenvalue weighted by molar-refractivity contribution is 7.21. The van der Waals surface area contributed by atoms with Crippen molar-refractivity contribution in [1.29, 1.82) is 0 Å². The highest BCUT2D eigenvalue weighted by Crippen LogP contribution is 2.31. The lowest BCUT2D eigenvalue weighted by atomic mass is 10.2. The van der Waals surface area contributed by atoms with Crippen LogP contribution in [-0.2, 0) is 4.79 Å². The molecular weight excluding hydrogens is 349 g/mol. The zero-order valence-electron chi connectivity index (χ0n) is 13.1. The molecule has 0 spiro atoms. The summed E-state index contributed by atoms with van der Waals surface area (Å²) in [5.74, 6) is -1.90. The molecular formula is C18H13F3N2OS. The van der Waals surface area contributed by atoms with Crippen LogP contribution in [0.4, 0.5) is 18.9 Å². The predicted octanol–water partition coefficient (Wildman–Crippen LogP) is 5.33. The predicted molar refractivity (Wildman–Crippen MR) is 93.6 cm³/mol. The van der Waals surface area contributed by atoms with Gasteiger partial charge in [-0.3, -0.25) is 4.79 Å². The first kappa shape index (κ1) is 17.2. The van der Waals surface area contributed by atoms with Crippen LogP contribution in [0.3, 0.4) is 0 Å². The van der Waals surface area contributed by atoms with E-state index in [1.807, 2.05) is 31.2 Å². The van der Waals surface area contributed by atoms with E-state index in [4.69, 9.17) is 0 Å². The quantitative estimate of drug-likeness (QED) is 0.638. The molecule has 0 aliphatic heterocycles. The molecule has 0 aliphatic rings. The summed E-state index contributed by atoms with van der Waals surface area (Å²) in [6.45, 7) is 2.02. The van der Waals surface area contributed by atoms with Crippen LogP contribution < -0.4 is 5.32 Å². The van der Waals surface area contributed by atoms with Crippen LogP contribution in [-0.4, -0.2) is 16.9 Å². The topological polar surface area (TPSA) is 42.0 Å². The summed E-state index contributed by atoms with van der Waals surface area (Å²) < 4.78 is 37.4. The Bertz CT molecular complexity index is 943. The molecule has 0 amide bonds. The third-order valence-electron chi connectivity index (χ3n) is 3.44. The number of rotatable bonds is 4. The molecule has 0 fully saturated rings. The number of alkyl halides is 3. The normalized spacial score (nSPS) is 12.0. The van der Waals surface area contributed by atoms with Crippen LogP contribution in [0.5, 0.6) is 0 Å². The fourth-order valence-electron chi connectivity index (χ4n) is 2.17. The van der Waals surface area contributed by atoms with Crippen molar-refractivity contribution in [1.82, 2.24) is 4.98 Å². The molecule has 3 nitrogen and oxygen atoms in total. The molecule has 0 saturated heterocycles. The highest BCUT2D eigenvalue weighted by atomic mass is 32.1. The number of ketones is 1. The van der Waals surface area contributed by atoms with E-state index in [0.717, 1.165) is 27.0 Å². The minimum atomic E-state index is -4.85. The standard InChI is InChI=1S/C18H13F3N2OS/c1-11-2-7-14-15(10-11)25-17(23-14)12-3-5-13(6-4-12)22-9-8-16(24)18(19,20)21/h2-10,22H,1H3. The van der Waals surface area contributed by atoms with Crippen molar-refractivity contribution in [3.05, 3.63) is 60.3 Å². The maximum atomic E-state index is 12.1. The number of hydrogen-bond acceptors (Lipinski definition) is 4. The minimum absolute atomic E-state index is 0.462. The van der Waals surface area contributed by atoms with Crippen molar-refractivity contribution in [2.75, 3.05) is 5.32 Å². The lowest BCUT2D eigenvalue weighted by molar-refractivity contribution is -0.165. The van der Waals surface area contributed by atoms with E-state index in [1.54, 1.807) is 23.5 Å². The fraction of sp³-hybridized carbons (Fsp3) is 0.111. The number of allylic oxidation sites excluding steroid dienone is 1. The number of aryl methyl sites for hydroxylation is 1. The number of carbonyl (C=O) groups is 1. The monoisotopic (exact) mass is 362 g/mol. The maximum absolute atomic E-state index is 12.1. The van der Waals surface area contributed by atoms with E-state index in [1.165, 1.54) is 5.56 Å². The van der Waals surface area contributed by atoms with E-state index in [9.17, 15) is 18.0 Å². The van der Waals surface area contributed by atoms with Gasteiger partial charge in [0.05, 0.1) is 10.2 Å². The Hall–Kier alpha value is -2.67. The number of halogens is 3. The van der Waals surface area contributed by atoms with Gasteiger partial charge >= 0.3 is 6.18 Å². The summed E-state index contributed by atoms with van der Waals surface area (Å²) in [4.78, 5) is 15.3. The van der Waals surface area contributed by atoms with Gasteiger partial charge in [-0.25, -0.2) is 4.98 Å². The number of benzene rings is 2. The minimum Gasteiger partial charge on any atom is -0.362 e. The van der Waals surface area contributed by atoms with Crippen LogP contribution in [0.2, 0.25) is 0 Å². The molecule has 2 aromatic carbocycles. The first-order valence-electron chi connectivity index (χ1n) is 7.35. The van der Waals surface area contributed by atoms with Gasteiger partial charge in [-0.2, -0.15) is 13.2 Å². The molecule has 0 unspecified atom stereocenters. The summed E-state index contributed by atoms with van der Waals surface area (Å²) in [6, 6.07) is 13.1. The van der Waals surface area contributed by atoms with E-state index in [-0.39, 0.29) is 0 Å². The number of fused-ring (bicyclic) bond motifs is 1. The Balaban J connectivity index is 1.73. The average Bonchev–Trinajstić information content (AvgIpc) is 2.97. The SMILES string of the molecule is Cc1ccc2nc(-c3ccc(NC=CC(=O)C(F)(F)F)cc3)sc2c1. The van der Waals surface area contributed by atoms with E-state index < -0.39 is 12.0 Å². The second kappa shape index (κ2) is 6.68. The molecule has 1 aromatic heterocycles. The van der Waals surface area contributed by atoms with Crippen LogP contribution in [0.25, 0.3) is 20.8 Å². The average molecular weight is 362 g/mol. The number of carbonyl (C=O) groups excluding carboxylic acids is 1. The largest absolute Gasteiger partial charge is 0.454 e. The summed E-state index contributed by atoms with van der Waals surface area (Å²) in [5.41, 5.74) is 3.59. The Labute approximate surface area is 145 Å². The van der Waals surface area contributed by atoms with Crippen molar-refractivity contribution in [3.63, 3.8) is 0 Å². The molecule has 128 valence electrons. The number of hydrogen-bond donors (Lipinski definition) is 1. The molecule has 25 heavy (non-hydrogen) atoms. The second-order valence-corrected chi connectivity index (χ2v) is 6.44. The molecule has 7 heteroatoms. The van der Waals surface area contributed by atoms with Crippen LogP contribution in [0, 0.1) is 6.92 Å². The third-order valence-corrected chi connectivity index (χ3v) is 4.51. The fourth-order valence-corrected chi connectivity index (χ4v) is 3.24. The number of thiazole rings is 1. The zero-order valence-corrected chi connectivity index (χ0v) is 13.9. The lowest BCUT2D eigenvalue weighted by Gasteiger charge is -2.03. The first-order chi connectivity index (χ1) is 11.8. The third kappa shape index (κ3) is 4.06. The van der Waals surface area contributed by atoms with Crippen LogP contribution >= 0.6 is 11.3 Å². The van der Waals surface area contributed by atoms with Gasteiger partial charge in [-0.05, 0) is 48.9 Å². The van der Waals surface area contributed by atoms with E-state index in [0.29, 0.717) is 11.8 Å². The molecule has 0 aliphatic carbocycles. The lowest BCUT2D eigenvalue weighted by Crippen LogP contribution is -2.20. The molecule has 3 rings (SSSR count). The smallest absolute Gasteiger partial charge is 0.362 e. The number of nitrogens with zero attached hydrogens (tertiary/aromatic N) is 1. The van der Waals surface area contributed by atoms with Gasteiger partial charge in [0.2, 0.25) is 0 Å². The Morgan fingerprint density at radius 1 is 1.16 bits per heavy atom. The number of aromatic nitrogens is 1. The van der Waals surface area contributed by atoms with Gasteiger partial charge in [0, 0.05) is 23.5 Å². The summed E-state index contributed by atoms with van der Waals surface area (Å²) >= 11 is 1.58. The molecule has 1 heterocycles. The van der Waals surface area contributed by atoms with Crippen LogP contribution in [0.15, 0.2) is 54.7 Å². The molecule has 0 saturated carbocycles. The van der Waals surface area contributed by atoms with E-state index >= 15 is 0 Å². The van der Waals surface area contributed by atoms with Crippen molar-refractivity contribution in [3.8, 4) is 10.6 Å². The van der Waals surface area contributed by atoms with Crippen molar-refractivity contribution >= 4 is 33.0 Å². The second-order valence-electron chi connectivity index (χ2n) is 5.41. The number of anilines is 1. The van der Waals surface area contributed by atoms with Gasteiger partial charge in [0.1, 0.15) is 5.01 Å². The molecule has 3 aromatic rings. The Morgan fingerprint density at radius 2 is 1.88 bits per heavy atom. The van der Waals surface area contributed by atoms with Gasteiger partial charge in [0.15, 0.2) is 0 Å². The maximum Gasteiger partial charge on any atom is 0.454 e. The summed E-state index contributed by atoms with van der Waals surface area (Å²) in [7, 11) is 0. The van der Waals surface area contributed by atoms with Crippen LogP contribution in [0.1, 0.15) is 5.56 Å². The highest BCUT2D eigenvalue weighted by Gasteiger charge is 2.35. The van der Waals surface area contributed by atoms with Gasteiger partial charge in [-0.1, -0.05) is 6.07 Å². The van der Waals surface area contributed by atoms with Gasteiger partial charge in [-0.15, -0.1) is 11.3 Å². The molecule has 1 N–H and O–H groups in total. The first-order valence-corrected chi connectivity index (χ1v) is 8.16. The Morgan fingerprint density at radius 3 is 2.56 bits per heavy atom. The van der Waals surface area contributed by atoms with E-state index in [2.05, 4.69) is 16.4 Å². The Kier molecular flexibility index (Phi) is 4.59. The zero-order chi connectivity index (χ0) is 18.0. The summed E-state index contributed by atoms with van der Waals surface area (Å²) in [6.07, 6.45) is -3.41. The van der Waals surface area contributed by atoms with Crippen molar-refractivity contribution in [2.45, 2.75) is 13.1 Å². The van der Waals surface area contributed by atoms with Gasteiger partial charge < -0.3 is 5.32 Å². The molecule has 0 bridgehead atoms. The summed E-state index contributed by atoms with van der Waals surface area (Å²) in [5, 5.41) is 3.51.